The van der Waals surface area contributed by atoms with Gasteiger partial charge >= 0.3 is 0 Å². The third-order valence-electron chi connectivity index (χ3n) is 2.57. The molecule has 0 saturated heterocycles. The largest absolute Gasteiger partial charge is 0.355 e. The third-order valence-corrected chi connectivity index (χ3v) is 2.57. The van der Waals surface area contributed by atoms with Gasteiger partial charge in [0.15, 0.2) is 5.96 Å². The van der Waals surface area contributed by atoms with Gasteiger partial charge in [-0.05, 0) is 27.9 Å². The van der Waals surface area contributed by atoms with Crippen LogP contribution in [0.3, 0.4) is 0 Å². The van der Waals surface area contributed by atoms with E-state index in [1.807, 2.05) is 0 Å². The van der Waals surface area contributed by atoms with Crippen molar-refractivity contribution in [3.05, 3.63) is 0 Å². The summed E-state index contributed by atoms with van der Waals surface area (Å²) in [5, 5.41) is 6.49. The lowest BCUT2D eigenvalue weighted by Gasteiger charge is -2.32. The van der Waals surface area contributed by atoms with Crippen LogP contribution in [0.5, 0.6) is 0 Å². The molecule has 0 fully saturated rings. The molecule has 0 unspecified atom stereocenters. The number of rotatable bonds is 3. The van der Waals surface area contributed by atoms with Crippen LogP contribution in [0.1, 0.15) is 13.8 Å². The molecule has 76 valence electrons. The highest BCUT2D eigenvalue weighted by Crippen LogP contribution is 2.07. The van der Waals surface area contributed by atoms with Gasteiger partial charge in [0, 0.05) is 18.6 Å². The van der Waals surface area contributed by atoms with Crippen LogP contribution in [0, 0.1) is 0 Å². The van der Waals surface area contributed by atoms with Gasteiger partial charge in [-0.2, -0.15) is 0 Å². The van der Waals surface area contributed by atoms with Crippen molar-refractivity contribution >= 4 is 5.96 Å². The molecule has 0 bridgehead atoms. The summed E-state index contributed by atoms with van der Waals surface area (Å²) in [6, 6.07) is 0. The number of nitrogens with one attached hydrogen (secondary N) is 2. The summed E-state index contributed by atoms with van der Waals surface area (Å²) in [4.78, 5) is 6.48. The molecule has 0 atom stereocenters. The Bertz CT molecular complexity index is 196. The van der Waals surface area contributed by atoms with Crippen molar-refractivity contribution in [3.63, 3.8) is 0 Å². The van der Waals surface area contributed by atoms with Crippen molar-refractivity contribution in [2.75, 3.05) is 33.7 Å². The first-order valence-corrected chi connectivity index (χ1v) is 4.72. The van der Waals surface area contributed by atoms with E-state index in [0.717, 1.165) is 25.6 Å². The minimum atomic E-state index is 0.160. The average molecular weight is 184 g/mol. The number of hydrogen-bond donors (Lipinski definition) is 2. The van der Waals surface area contributed by atoms with Gasteiger partial charge in [0.05, 0.1) is 6.54 Å². The van der Waals surface area contributed by atoms with E-state index in [1.165, 1.54) is 0 Å². The number of guanidine groups is 1. The van der Waals surface area contributed by atoms with Crippen molar-refractivity contribution < 1.29 is 0 Å². The lowest BCUT2D eigenvalue weighted by atomic mass is 10.1. The molecule has 1 aliphatic rings. The number of likely N-dealkylation sites (N-methyl/N-ethyl adjacent to an activating group) is 1. The second-order valence-electron chi connectivity index (χ2n) is 4.22. The molecule has 4 heteroatoms. The molecular formula is C9H20N4. The lowest BCUT2D eigenvalue weighted by Crippen LogP contribution is -2.50. The van der Waals surface area contributed by atoms with Crippen molar-refractivity contribution in [3.8, 4) is 0 Å². The SMILES string of the molecule is CN(C)C(C)(C)CNC1=NCCN1. The Morgan fingerprint density at radius 2 is 2.23 bits per heavy atom. The fourth-order valence-electron chi connectivity index (χ4n) is 0.974. The Kier molecular flexibility index (Phi) is 3.14. The van der Waals surface area contributed by atoms with Gasteiger partial charge in [-0.15, -0.1) is 0 Å². The zero-order valence-electron chi connectivity index (χ0n) is 9.02. The summed E-state index contributed by atoms with van der Waals surface area (Å²) in [6.07, 6.45) is 0. The molecule has 1 rings (SSSR count). The molecule has 0 saturated carbocycles. The Morgan fingerprint density at radius 3 is 2.69 bits per heavy atom. The summed E-state index contributed by atoms with van der Waals surface area (Å²) in [7, 11) is 4.18. The lowest BCUT2D eigenvalue weighted by molar-refractivity contribution is 0.197. The molecule has 1 heterocycles. The van der Waals surface area contributed by atoms with Crippen molar-refractivity contribution in [1.29, 1.82) is 0 Å². The first kappa shape index (κ1) is 10.3. The normalized spacial score (nSPS) is 17.2. The molecule has 1 aliphatic heterocycles. The quantitative estimate of drug-likeness (QED) is 0.642. The van der Waals surface area contributed by atoms with Crippen molar-refractivity contribution in [2.24, 2.45) is 4.99 Å². The Hall–Kier alpha value is -0.770. The van der Waals surface area contributed by atoms with Crippen LogP contribution >= 0.6 is 0 Å². The Labute approximate surface area is 80.4 Å². The van der Waals surface area contributed by atoms with Gasteiger partial charge in [-0.3, -0.25) is 4.99 Å². The first-order valence-electron chi connectivity index (χ1n) is 4.72. The van der Waals surface area contributed by atoms with Crippen molar-refractivity contribution in [1.82, 2.24) is 15.5 Å². The molecule has 13 heavy (non-hydrogen) atoms. The van der Waals surface area contributed by atoms with E-state index >= 15 is 0 Å². The third kappa shape index (κ3) is 2.88. The summed E-state index contributed by atoms with van der Waals surface area (Å²) in [5.74, 6) is 0.940. The van der Waals surface area contributed by atoms with Crippen LogP contribution in [0.2, 0.25) is 0 Å². The van der Waals surface area contributed by atoms with Crippen LogP contribution in [0.15, 0.2) is 4.99 Å². The average Bonchev–Trinajstić information content (AvgIpc) is 2.52. The molecule has 2 N–H and O–H groups in total. The van der Waals surface area contributed by atoms with Gasteiger partial charge < -0.3 is 15.5 Å². The monoisotopic (exact) mass is 184 g/mol. The molecule has 0 radical (unpaired) electrons. The molecule has 4 nitrogen and oxygen atoms in total. The van der Waals surface area contributed by atoms with Gasteiger partial charge in [-0.1, -0.05) is 0 Å². The minimum absolute atomic E-state index is 0.160. The standard InChI is InChI=1S/C9H20N4/c1-9(2,13(3)4)7-12-8-10-5-6-11-8/h5-7H2,1-4H3,(H2,10,11,12). The summed E-state index contributed by atoms with van der Waals surface area (Å²) >= 11 is 0. The molecule has 0 aromatic carbocycles. The highest BCUT2D eigenvalue weighted by atomic mass is 15.2. The first-order chi connectivity index (χ1) is 6.02. The van der Waals surface area contributed by atoms with E-state index in [4.69, 9.17) is 0 Å². The highest BCUT2D eigenvalue weighted by Gasteiger charge is 2.20. The van der Waals surface area contributed by atoms with Crippen LogP contribution in [-0.2, 0) is 0 Å². The molecule has 0 aliphatic carbocycles. The molecule has 0 aromatic heterocycles. The second-order valence-corrected chi connectivity index (χ2v) is 4.22. The topological polar surface area (TPSA) is 39.7 Å². The van der Waals surface area contributed by atoms with Crippen LogP contribution < -0.4 is 10.6 Å². The number of nitrogens with zero attached hydrogens (tertiary/aromatic N) is 2. The zero-order chi connectivity index (χ0) is 9.90. The Morgan fingerprint density at radius 1 is 1.54 bits per heavy atom. The maximum atomic E-state index is 4.27. The molecule has 0 spiro atoms. The molecule has 0 aromatic rings. The maximum absolute atomic E-state index is 4.27. The summed E-state index contributed by atoms with van der Waals surface area (Å²) < 4.78 is 0. The van der Waals surface area contributed by atoms with E-state index < -0.39 is 0 Å². The molecule has 0 amide bonds. The summed E-state index contributed by atoms with van der Waals surface area (Å²) in [6.45, 7) is 7.17. The van der Waals surface area contributed by atoms with E-state index in [0.29, 0.717) is 0 Å². The van der Waals surface area contributed by atoms with Gasteiger partial charge in [0.2, 0.25) is 0 Å². The molecular weight excluding hydrogens is 164 g/mol. The van der Waals surface area contributed by atoms with Gasteiger partial charge in [0.1, 0.15) is 0 Å². The minimum Gasteiger partial charge on any atom is -0.355 e. The predicted octanol–water partition coefficient (Wildman–Crippen LogP) is -0.125. The van der Waals surface area contributed by atoms with E-state index in [9.17, 15) is 0 Å². The Balaban J connectivity index is 2.32. The fraction of sp³-hybridized carbons (Fsp3) is 0.889. The van der Waals surface area contributed by atoms with Crippen LogP contribution in [0.4, 0.5) is 0 Å². The van der Waals surface area contributed by atoms with Gasteiger partial charge in [-0.25, -0.2) is 0 Å². The van der Waals surface area contributed by atoms with Crippen LogP contribution in [0.25, 0.3) is 0 Å². The summed E-state index contributed by atoms with van der Waals surface area (Å²) in [5.41, 5.74) is 0.160. The van der Waals surface area contributed by atoms with Crippen LogP contribution in [-0.4, -0.2) is 50.1 Å². The maximum Gasteiger partial charge on any atom is 0.191 e. The van der Waals surface area contributed by atoms with E-state index in [2.05, 4.69) is 48.5 Å². The number of hydrogen-bond acceptors (Lipinski definition) is 4. The fourth-order valence-corrected chi connectivity index (χ4v) is 0.974. The predicted molar refractivity (Wildman–Crippen MR) is 56.1 cm³/mol. The smallest absolute Gasteiger partial charge is 0.191 e. The van der Waals surface area contributed by atoms with Gasteiger partial charge in [0.25, 0.3) is 0 Å². The number of aliphatic imine (C=N–C) groups is 1. The second kappa shape index (κ2) is 3.96. The van der Waals surface area contributed by atoms with E-state index in [1.54, 1.807) is 0 Å². The highest BCUT2D eigenvalue weighted by molar-refractivity contribution is 5.81. The zero-order valence-corrected chi connectivity index (χ0v) is 9.02. The van der Waals surface area contributed by atoms with E-state index in [-0.39, 0.29) is 5.54 Å². The van der Waals surface area contributed by atoms with Crippen molar-refractivity contribution in [2.45, 2.75) is 19.4 Å².